The van der Waals surface area contributed by atoms with Crippen molar-refractivity contribution in [2.75, 3.05) is 6.16 Å². The first kappa shape index (κ1) is 12.6. The van der Waals surface area contributed by atoms with E-state index in [9.17, 15) is 8.42 Å². The van der Waals surface area contributed by atoms with Crippen LogP contribution in [0.15, 0.2) is 29.2 Å². The molecule has 0 aromatic heterocycles. The lowest BCUT2D eigenvalue weighted by Gasteiger charge is -2.05. The van der Waals surface area contributed by atoms with Crippen LogP contribution in [0.5, 0.6) is 0 Å². The normalized spacial score (nSPS) is 12.4. The lowest BCUT2D eigenvalue weighted by Crippen LogP contribution is -2.10. The lowest BCUT2D eigenvalue weighted by molar-refractivity contribution is 0.484. The Balaban J connectivity index is 2.88. The molecule has 0 bridgehead atoms. The third-order valence-corrected chi connectivity index (χ3v) is 4.52. The van der Waals surface area contributed by atoms with Gasteiger partial charge in [0.15, 0.2) is 0 Å². The van der Waals surface area contributed by atoms with Crippen molar-refractivity contribution in [3.8, 4) is 0 Å². The fourth-order valence-corrected chi connectivity index (χ4v) is 3.71. The van der Waals surface area contributed by atoms with Gasteiger partial charge in [0.1, 0.15) is 4.90 Å². The molecule has 0 aliphatic heterocycles. The van der Waals surface area contributed by atoms with Crippen LogP contribution in [0.25, 0.3) is 0 Å². The van der Waals surface area contributed by atoms with Crippen molar-refractivity contribution < 1.29 is 13.0 Å². The third-order valence-electron chi connectivity index (χ3n) is 2.01. The molecule has 1 unspecified atom stereocenters. The van der Waals surface area contributed by atoms with Crippen LogP contribution in [0.2, 0.25) is 0 Å². The first-order valence-electron chi connectivity index (χ1n) is 4.86. The fourth-order valence-electron chi connectivity index (χ4n) is 1.24. The fraction of sp³-hybridized carbons (Fsp3) is 0.400. The van der Waals surface area contributed by atoms with Crippen LogP contribution in [0.1, 0.15) is 19.8 Å². The van der Waals surface area contributed by atoms with E-state index in [2.05, 4.69) is 6.92 Å². The van der Waals surface area contributed by atoms with Gasteiger partial charge in [-0.15, -0.1) is 0 Å². The molecule has 0 fully saturated rings. The van der Waals surface area contributed by atoms with Gasteiger partial charge in [-0.3, -0.25) is 4.55 Å². The Kier molecular flexibility index (Phi) is 4.71. The van der Waals surface area contributed by atoms with Crippen molar-refractivity contribution in [2.45, 2.75) is 24.7 Å². The van der Waals surface area contributed by atoms with E-state index in [0.717, 1.165) is 24.3 Å². The van der Waals surface area contributed by atoms with E-state index in [4.69, 9.17) is 4.55 Å². The van der Waals surface area contributed by atoms with Gasteiger partial charge in [0, 0.05) is 0 Å². The summed E-state index contributed by atoms with van der Waals surface area (Å²) in [6, 6.07) is 6.63. The van der Waals surface area contributed by atoms with Crippen molar-refractivity contribution >= 4 is 24.0 Å². The summed E-state index contributed by atoms with van der Waals surface area (Å²) in [6.07, 6.45) is 3.16. The summed E-state index contributed by atoms with van der Waals surface area (Å²) in [5.74, 6) is 0. The Labute approximate surface area is 92.4 Å². The molecule has 0 amide bonds. The molecule has 0 spiro atoms. The van der Waals surface area contributed by atoms with Crippen molar-refractivity contribution in [1.82, 2.24) is 0 Å². The van der Waals surface area contributed by atoms with Crippen LogP contribution in [0, 0.1) is 0 Å². The average molecular weight is 246 g/mol. The molecule has 15 heavy (non-hydrogen) atoms. The molecule has 1 aromatic carbocycles. The van der Waals surface area contributed by atoms with Gasteiger partial charge in [0.2, 0.25) is 0 Å². The highest BCUT2D eigenvalue weighted by Crippen LogP contribution is 2.18. The van der Waals surface area contributed by atoms with E-state index >= 15 is 0 Å². The Bertz CT molecular complexity index is 414. The minimum absolute atomic E-state index is 0.0550. The zero-order valence-electron chi connectivity index (χ0n) is 8.60. The van der Waals surface area contributed by atoms with E-state index in [0.29, 0.717) is 8.58 Å². The number of benzene rings is 1. The summed E-state index contributed by atoms with van der Waals surface area (Å²) in [6.45, 7) is 2.10. The van der Waals surface area contributed by atoms with Crippen LogP contribution < -0.4 is 5.30 Å². The van der Waals surface area contributed by atoms with E-state index < -0.39 is 10.1 Å². The maximum atomic E-state index is 11.0. The van der Waals surface area contributed by atoms with Crippen molar-refractivity contribution in [3.05, 3.63) is 24.3 Å². The van der Waals surface area contributed by atoms with Gasteiger partial charge in [-0.2, -0.15) is 8.42 Å². The summed E-state index contributed by atoms with van der Waals surface area (Å²) in [5, 5.41) is 0.730. The highest BCUT2D eigenvalue weighted by molar-refractivity contribution is 7.86. The van der Waals surface area contributed by atoms with Gasteiger partial charge in [-0.05, 0) is 24.0 Å². The van der Waals surface area contributed by atoms with Gasteiger partial charge in [0.25, 0.3) is 10.1 Å². The monoisotopic (exact) mass is 246 g/mol. The second kappa shape index (κ2) is 5.59. The number of hydrogen-bond donors (Lipinski definition) is 1. The molecule has 3 nitrogen and oxygen atoms in total. The molecule has 0 saturated heterocycles. The molecule has 1 N–H and O–H groups in total. The van der Waals surface area contributed by atoms with Crippen LogP contribution in [0.3, 0.4) is 0 Å². The molecule has 0 saturated carbocycles. The molecular formula is C10H15O3PS. The van der Waals surface area contributed by atoms with Crippen molar-refractivity contribution in [2.24, 2.45) is 0 Å². The number of hydrogen-bond acceptors (Lipinski definition) is 2. The molecule has 0 radical (unpaired) electrons. The van der Waals surface area contributed by atoms with Crippen LogP contribution in [0.4, 0.5) is 0 Å². The standard InChI is InChI=1S/C10H15O3PS/c1-2-3-8-14-9-6-4-5-7-10(9)15(11,12)13/h4-7,14H,2-3,8H2,1H3,(H,11,12,13). The van der Waals surface area contributed by atoms with Gasteiger partial charge >= 0.3 is 0 Å². The summed E-state index contributed by atoms with van der Waals surface area (Å²) in [7, 11) is -3.62. The van der Waals surface area contributed by atoms with Crippen LogP contribution in [-0.2, 0) is 10.1 Å². The van der Waals surface area contributed by atoms with Crippen molar-refractivity contribution in [3.63, 3.8) is 0 Å². The molecular weight excluding hydrogens is 231 g/mol. The zero-order chi connectivity index (χ0) is 11.3. The Hall–Kier alpha value is -0.440. The maximum Gasteiger partial charge on any atom is 0.295 e. The maximum absolute atomic E-state index is 11.0. The highest BCUT2D eigenvalue weighted by atomic mass is 32.2. The Morgan fingerprint density at radius 2 is 2.00 bits per heavy atom. The predicted octanol–water partition coefficient (Wildman–Crippen LogP) is 2.04. The highest BCUT2D eigenvalue weighted by Gasteiger charge is 2.13. The quantitative estimate of drug-likeness (QED) is 0.491. The van der Waals surface area contributed by atoms with Crippen LogP contribution >= 0.6 is 8.58 Å². The van der Waals surface area contributed by atoms with Gasteiger partial charge < -0.3 is 0 Å². The van der Waals surface area contributed by atoms with E-state index in [1.165, 1.54) is 6.07 Å². The predicted molar refractivity (Wildman–Crippen MR) is 64.0 cm³/mol. The lowest BCUT2D eigenvalue weighted by atomic mass is 10.4. The van der Waals surface area contributed by atoms with Gasteiger partial charge in [0.05, 0.1) is 0 Å². The third kappa shape index (κ3) is 3.90. The van der Waals surface area contributed by atoms with Gasteiger partial charge in [-0.25, -0.2) is 0 Å². The minimum Gasteiger partial charge on any atom is -0.282 e. The smallest absolute Gasteiger partial charge is 0.282 e. The molecule has 0 aliphatic rings. The molecule has 0 heterocycles. The molecule has 1 rings (SSSR count). The largest absolute Gasteiger partial charge is 0.295 e. The van der Waals surface area contributed by atoms with Crippen LogP contribution in [-0.4, -0.2) is 19.1 Å². The SMILES string of the molecule is CCCCPc1ccccc1S(=O)(=O)O. The molecule has 1 atom stereocenters. The van der Waals surface area contributed by atoms with E-state index in [1.54, 1.807) is 18.2 Å². The second-order valence-corrected chi connectivity index (χ2v) is 6.03. The summed E-state index contributed by atoms with van der Waals surface area (Å²) >= 11 is 0. The van der Waals surface area contributed by atoms with Gasteiger partial charge in [-0.1, -0.05) is 40.1 Å². The molecule has 0 aliphatic carbocycles. The Morgan fingerprint density at radius 3 is 2.60 bits per heavy atom. The molecule has 1 aromatic rings. The first-order chi connectivity index (χ1) is 7.05. The average Bonchev–Trinajstić information content (AvgIpc) is 2.17. The summed E-state index contributed by atoms with van der Waals surface area (Å²) < 4.78 is 31.1. The summed E-state index contributed by atoms with van der Waals surface area (Å²) in [4.78, 5) is 0.0550. The molecule has 84 valence electrons. The zero-order valence-corrected chi connectivity index (χ0v) is 10.4. The number of rotatable bonds is 5. The van der Waals surface area contributed by atoms with E-state index in [-0.39, 0.29) is 4.90 Å². The topological polar surface area (TPSA) is 54.4 Å². The van der Waals surface area contributed by atoms with Crippen molar-refractivity contribution in [1.29, 1.82) is 0 Å². The second-order valence-electron chi connectivity index (χ2n) is 3.25. The Morgan fingerprint density at radius 1 is 1.33 bits per heavy atom. The first-order valence-corrected chi connectivity index (χ1v) is 7.51. The molecule has 5 heteroatoms. The minimum atomic E-state index is -4.06. The summed E-state index contributed by atoms with van der Waals surface area (Å²) in [5.41, 5.74) is 0. The number of unbranched alkanes of at least 4 members (excludes halogenated alkanes) is 1. The van der Waals surface area contributed by atoms with E-state index in [1.807, 2.05) is 0 Å².